The molecule has 0 saturated carbocycles. The second-order valence-corrected chi connectivity index (χ2v) is 5.44. The minimum absolute atomic E-state index is 0.124. The number of hydrogen-bond acceptors (Lipinski definition) is 5. The van der Waals surface area contributed by atoms with Crippen molar-refractivity contribution in [2.24, 2.45) is 0 Å². The fourth-order valence-electron chi connectivity index (χ4n) is 2.17. The number of hydrogen-bond donors (Lipinski definition) is 0. The predicted molar refractivity (Wildman–Crippen MR) is 87.2 cm³/mol. The molecule has 0 aliphatic heterocycles. The summed E-state index contributed by atoms with van der Waals surface area (Å²) in [7, 11) is 0. The summed E-state index contributed by atoms with van der Waals surface area (Å²) in [6.45, 7) is 1.62. The minimum Gasteiger partial charge on any atom is -0.483 e. The Morgan fingerprint density at radius 1 is 1.04 bits per heavy atom. The summed E-state index contributed by atoms with van der Waals surface area (Å²) in [6.07, 6.45) is -3.06. The molecule has 1 heterocycles. The fourth-order valence-corrected chi connectivity index (χ4v) is 2.17. The summed E-state index contributed by atoms with van der Waals surface area (Å²) in [6, 6.07) is 9.61. The first kappa shape index (κ1) is 17.7. The van der Waals surface area contributed by atoms with Gasteiger partial charge in [-0.3, -0.25) is 4.79 Å². The number of alkyl halides is 3. The van der Waals surface area contributed by atoms with E-state index < -0.39 is 17.8 Å². The molecule has 5 nitrogen and oxygen atoms in total. The summed E-state index contributed by atoms with van der Waals surface area (Å²) in [4.78, 5) is 18.7. The Hall–Kier alpha value is -3.16. The van der Waals surface area contributed by atoms with E-state index in [0.29, 0.717) is 17.8 Å². The molecule has 0 N–H and O–H groups in total. The first-order valence-corrected chi connectivity index (χ1v) is 7.59. The van der Waals surface area contributed by atoms with Crippen LogP contribution in [0.1, 0.15) is 12.5 Å². The summed E-state index contributed by atoms with van der Waals surface area (Å²) >= 11 is 0. The largest absolute Gasteiger partial charge is 0.483 e. The third kappa shape index (κ3) is 4.08. The molecule has 0 amide bonds. The zero-order valence-corrected chi connectivity index (χ0v) is 13.5. The van der Waals surface area contributed by atoms with Crippen LogP contribution in [0.3, 0.4) is 0 Å². The summed E-state index contributed by atoms with van der Waals surface area (Å²) in [5.41, 5.74) is -0.373. The molecule has 134 valence electrons. The molecule has 0 aliphatic rings. The molecule has 2 aromatic carbocycles. The first-order chi connectivity index (χ1) is 12.3. The highest BCUT2D eigenvalue weighted by Crippen LogP contribution is 2.31. The monoisotopic (exact) mass is 362 g/mol. The number of fused-ring (bicyclic) bond motifs is 1. The average Bonchev–Trinajstić information content (AvgIpc) is 2.62. The lowest BCUT2D eigenvalue weighted by Gasteiger charge is -2.10. The van der Waals surface area contributed by atoms with Gasteiger partial charge in [0.1, 0.15) is 11.5 Å². The third-order valence-corrected chi connectivity index (χ3v) is 3.41. The molecule has 0 radical (unpaired) electrons. The maximum absolute atomic E-state index is 12.7. The number of halogens is 3. The van der Waals surface area contributed by atoms with Crippen molar-refractivity contribution in [1.29, 1.82) is 0 Å². The Balaban J connectivity index is 1.77. The molecule has 26 heavy (non-hydrogen) atoms. The van der Waals surface area contributed by atoms with E-state index in [-0.39, 0.29) is 16.9 Å². The van der Waals surface area contributed by atoms with Gasteiger partial charge in [-0.25, -0.2) is 9.97 Å². The number of nitrogens with zero attached hydrogens (tertiary/aromatic N) is 2. The molecule has 1 atom stereocenters. The Bertz CT molecular complexity index is 927. The lowest BCUT2D eigenvalue weighted by atomic mass is 10.2. The Morgan fingerprint density at radius 2 is 1.73 bits per heavy atom. The van der Waals surface area contributed by atoms with Crippen molar-refractivity contribution in [2.75, 3.05) is 0 Å². The number of ether oxygens (including phenoxy) is 2. The lowest BCUT2D eigenvalue weighted by Crippen LogP contribution is -2.12. The van der Waals surface area contributed by atoms with E-state index in [1.165, 1.54) is 12.3 Å². The molecular formula is C18H13F3N2O3. The van der Waals surface area contributed by atoms with Gasteiger partial charge in [-0.1, -0.05) is 0 Å². The van der Waals surface area contributed by atoms with E-state index in [1.54, 1.807) is 31.2 Å². The standard InChI is InChI=1S/C18H13F3N2O3/c1-11(10-24)25-13-3-5-14(6-4-13)26-17-9-22-16-8-12(18(19,20)21)2-7-15(16)23-17/h2-11H,1H3. The van der Waals surface area contributed by atoms with Crippen LogP contribution in [0.15, 0.2) is 48.7 Å². The van der Waals surface area contributed by atoms with Gasteiger partial charge in [0.25, 0.3) is 0 Å². The highest BCUT2D eigenvalue weighted by atomic mass is 19.4. The van der Waals surface area contributed by atoms with Crippen molar-refractivity contribution < 1.29 is 27.4 Å². The van der Waals surface area contributed by atoms with Crippen molar-refractivity contribution in [1.82, 2.24) is 9.97 Å². The van der Waals surface area contributed by atoms with E-state index in [1.807, 2.05) is 0 Å². The van der Waals surface area contributed by atoms with E-state index in [0.717, 1.165) is 12.1 Å². The SMILES string of the molecule is CC(C=O)Oc1ccc(Oc2cnc3cc(C(F)(F)F)ccc3n2)cc1. The summed E-state index contributed by atoms with van der Waals surface area (Å²) in [5.74, 6) is 1.09. The first-order valence-electron chi connectivity index (χ1n) is 7.59. The highest BCUT2D eigenvalue weighted by Gasteiger charge is 2.30. The van der Waals surface area contributed by atoms with E-state index >= 15 is 0 Å². The average molecular weight is 362 g/mol. The number of aromatic nitrogens is 2. The molecule has 3 rings (SSSR count). The second-order valence-electron chi connectivity index (χ2n) is 5.44. The van der Waals surface area contributed by atoms with E-state index in [2.05, 4.69) is 9.97 Å². The zero-order valence-electron chi connectivity index (χ0n) is 13.5. The maximum Gasteiger partial charge on any atom is 0.416 e. The van der Waals surface area contributed by atoms with Crippen molar-refractivity contribution in [3.05, 3.63) is 54.2 Å². The lowest BCUT2D eigenvalue weighted by molar-refractivity contribution is -0.137. The number of rotatable bonds is 5. The van der Waals surface area contributed by atoms with Gasteiger partial charge >= 0.3 is 6.18 Å². The van der Waals surface area contributed by atoms with Crippen LogP contribution in [0.25, 0.3) is 11.0 Å². The van der Waals surface area contributed by atoms with Gasteiger partial charge in [0, 0.05) is 0 Å². The normalized spacial score (nSPS) is 12.6. The molecule has 8 heteroatoms. The van der Waals surface area contributed by atoms with Crippen LogP contribution in [0, 0.1) is 0 Å². The molecule has 0 saturated heterocycles. The summed E-state index contributed by atoms with van der Waals surface area (Å²) < 4.78 is 49.0. The highest BCUT2D eigenvalue weighted by molar-refractivity contribution is 5.75. The van der Waals surface area contributed by atoms with Crippen molar-refractivity contribution in [3.63, 3.8) is 0 Å². The molecule has 0 bridgehead atoms. The van der Waals surface area contributed by atoms with Crippen LogP contribution in [0.2, 0.25) is 0 Å². The van der Waals surface area contributed by atoms with Gasteiger partial charge in [-0.05, 0) is 49.4 Å². The minimum atomic E-state index is -4.43. The van der Waals surface area contributed by atoms with Gasteiger partial charge in [0.2, 0.25) is 5.88 Å². The molecule has 0 fully saturated rings. The van der Waals surface area contributed by atoms with Gasteiger partial charge < -0.3 is 9.47 Å². The van der Waals surface area contributed by atoms with Crippen molar-refractivity contribution >= 4 is 17.3 Å². The van der Waals surface area contributed by atoms with Crippen LogP contribution in [0.4, 0.5) is 13.2 Å². The molecule has 0 spiro atoms. The zero-order chi connectivity index (χ0) is 18.7. The molecule has 0 aliphatic carbocycles. The van der Waals surface area contributed by atoms with Crippen LogP contribution in [-0.2, 0) is 11.0 Å². The molecule has 3 aromatic rings. The Kier molecular flexibility index (Phi) is 4.75. The van der Waals surface area contributed by atoms with Gasteiger partial charge in [0.05, 0.1) is 22.8 Å². The number of aldehydes is 1. The summed E-state index contributed by atoms with van der Waals surface area (Å²) in [5, 5.41) is 0. The van der Waals surface area contributed by atoms with Gasteiger partial charge in [-0.2, -0.15) is 13.2 Å². The number of carbonyl (C=O) groups excluding carboxylic acids is 1. The molecular weight excluding hydrogens is 349 g/mol. The van der Waals surface area contributed by atoms with Crippen molar-refractivity contribution in [2.45, 2.75) is 19.2 Å². The second kappa shape index (κ2) is 6.99. The Labute approximate surface area is 146 Å². The number of carbonyl (C=O) groups is 1. The topological polar surface area (TPSA) is 61.3 Å². The predicted octanol–water partition coefficient (Wildman–Crippen LogP) is 4.41. The quantitative estimate of drug-likeness (QED) is 0.629. The van der Waals surface area contributed by atoms with Crippen LogP contribution in [0.5, 0.6) is 17.4 Å². The van der Waals surface area contributed by atoms with E-state index in [9.17, 15) is 18.0 Å². The number of benzene rings is 2. The van der Waals surface area contributed by atoms with Crippen LogP contribution < -0.4 is 9.47 Å². The maximum atomic E-state index is 12.7. The van der Waals surface area contributed by atoms with E-state index in [4.69, 9.17) is 9.47 Å². The van der Waals surface area contributed by atoms with Gasteiger partial charge in [0.15, 0.2) is 12.4 Å². The Morgan fingerprint density at radius 3 is 2.38 bits per heavy atom. The van der Waals surface area contributed by atoms with Crippen LogP contribution in [-0.4, -0.2) is 22.4 Å². The van der Waals surface area contributed by atoms with Crippen LogP contribution >= 0.6 is 0 Å². The third-order valence-electron chi connectivity index (χ3n) is 3.41. The molecule has 1 unspecified atom stereocenters. The smallest absolute Gasteiger partial charge is 0.416 e. The van der Waals surface area contributed by atoms with Gasteiger partial charge in [-0.15, -0.1) is 0 Å². The molecule has 1 aromatic heterocycles. The van der Waals surface area contributed by atoms with Crippen molar-refractivity contribution in [3.8, 4) is 17.4 Å². The fraction of sp³-hybridized carbons (Fsp3) is 0.167.